The van der Waals surface area contributed by atoms with Crippen molar-refractivity contribution in [3.8, 4) is 0 Å². The first-order chi connectivity index (χ1) is 8.18. The minimum Gasteiger partial charge on any atom is -0.425 e. The summed E-state index contributed by atoms with van der Waals surface area (Å²) in [6, 6.07) is 6.34. The van der Waals surface area contributed by atoms with Crippen molar-refractivity contribution in [1.82, 2.24) is 9.71 Å². The molecule has 2 heterocycles. The largest absolute Gasteiger partial charge is 0.425 e. The fraction of sp³-hybridized carbons (Fsp3) is 0. The Morgan fingerprint density at radius 2 is 2.12 bits per heavy atom. The van der Waals surface area contributed by atoms with Gasteiger partial charge in [0.1, 0.15) is 11.4 Å². The van der Waals surface area contributed by atoms with Crippen LogP contribution < -0.4 is 11.2 Å². The van der Waals surface area contributed by atoms with E-state index in [-0.39, 0.29) is 17.0 Å². The molecule has 0 aliphatic rings. The highest BCUT2D eigenvalue weighted by Gasteiger charge is 2.02. The van der Waals surface area contributed by atoms with Crippen LogP contribution in [0.2, 0.25) is 0 Å². The van der Waals surface area contributed by atoms with Gasteiger partial charge in [-0.1, -0.05) is 0 Å². The molecule has 0 aliphatic heterocycles. The highest BCUT2D eigenvalue weighted by Crippen LogP contribution is 2.21. The summed E-state index contributed by atoms with van der Waals surface area (Å²) < 4.78 is 0.539. The summed E-state index contributed by atoms with van der Waals surface area (Å²) in [7, 11) is 0. The summed E-state index contributed by atoms with van der Waals surface area (Å²) in [6.45, 7) is 0. The average Bonchev–Trinajstić information content (AvgIpc) is 2.36. The predicted molar refractivity (Wildman–Crippen MR) is 60.3 cm³/mol. The van der Waals surface area contributed by atoms with Crippen LogP contribution in [-0.4, -0.2) is 14.9 Å². The van der Waals surface area contributed by atoms with Crippen molar-refractivity contribution in [1.29, 1.82) is 5.41 Å². The Balaban J connectivity index is 2.35. The van der Waals surface area contributed by atoms with Crippen LogP contribution in [0.4, 0.5) is 17.2 Å². The molecule has 0 spiro atoms. The zero-order chi connectivity index (χ0) is 12.3. The van der Waals surface area contributed by atoms with Gasteiger partial charge in [0.25, 0.3) is 0 Å². The van der Waals surface area contributed by atoms with Crippen molar-refractivity contribution < 1.29 is 5.21 Å². The van der Waals surface area contributed by atoms with Gasteiger partial charge in [0.05, 0.1) is 6.20 Å². The van der Waals surface area contributed by atoms with Crippen molar-refractivity contribution in [2.75, 3.05) is 5.73 Å². The average molecular weight is 230 g/mol. The lowest BCUT2D eigenvalue weighted by molar-refractivity contribution is 0.177. The number of hydrogen-bond donors (Lipinski definition) is 3. The van der Waals surface area contributed by atoms with Gasteiger partial charge in [0, 0.05) is 6.20 Å². The first-order valence-electron chi connectivity index (χ1n) is 4.75. The van der Waals surface area contributed by atoms with Gasteiger partial charge < -0.3 is 10.9 Å². The minimum absolute atomic E-state index is 0.0369. The second-order valence-electron chi connectivity index (χ2n) is 3.21. The summed E-state index contributed by atoms with van der Waals surface area (Å²) in [5.41, 5.74) is 6.31. The number of pyridine rings is 2. The standard InChI is InChI=1S/C10H10N6O/c11-9-4-3-8(10(12)16(9)17)15-14-7-2-1-5-13-6-7/h1-6,11,17H,12H2. The van der Waals surface area contributed by atoms with Gasteiger partial charge in [-0.05, 0) is 24.3 Å². The van der Waals surface area contributed by atoms with E-state index in [4.69, 9.17) is 11.1 Å². The zero-order valence-electron chi connectivity index (χ0n) is 8.78. The van der Waals surface area contributed by atoms with Crippen molar-refractivity contribution >= 4 is 17.2 Å². The second-order valence-corrected chi connectivity index (χ2v) is 3.21. The third-order valence-corrected chi connectivity index (χ3v) is 2.04. The molecular weight excluding hydrogens is 220 g/mol. The third-order valence-electron chi connectivity index (χ3n) is 2.04. The zero-order valence-corrected chi connectivity index (χ0v) is 8.78. The molecule has 7 heteroatoms. The molecule has 0 saturated carbocycles. The maximum Gasteiger partial charge on any atom is 0.169 e. The summed E-state index contributed by atoms with van der Waals surface area (Å²) in [4.78, 5) is 3.88. The van der Waals surface area contributed by atoms with Crippen molar-refractivity contribution in [2.24, 2.45) is 10.2 Å². The van der Waals surface area contributed by atoms with Crippen molar-refractivity contribution in [2.45, 2.75) is 0 Å². The number of nitrogens with zero attached hydrogens (tertiary/aromatic N) is 4. The molecule has 0 aromatic carbocycles. The molecule has 0 atom stereocenters. The lowest BCUT2D eigenvalue weighted by Gasteiger charge is -2.03. The molecule has 0 amide bonds. The van der Waals surface area contributed by atoms with Crippen LogP contribution in [0.15, 0.2) is 46.9 Å². The van der Waals surface area contributed by atoms with E-state index in [9.17, 15) is 5.21 Å². The third kappa shape index (κ3) is 2.28. The Hall–Kier alpha value is -2.70. The number of anilines is 1. The molecule has 2 aromatic rings. The van der Waals surface area contributed by atoms with Crippen LogP contribution in [0.25, 0.3) is 0 Å². The quantitative estimate of drug-likeness (QED) is 0.537. The van der Waals surface area contributed by atoms with Gasteiger partial charge in [0.15, 0.2) is 11.3 Å². The molecule has 0 fully saturated rings. The molecule has 2 aromatic heterocycles. The normalized spacial score (nSPS) is 10.8. The van der Waals surface area contributed by atoms with Gasteiger partial charge >= 0.3 is 0 Å². The monoisotopic (exact) mass is 230 g/mol. The van der Waals surface area contributed by atoms with Gasteiger partial charge in [0.2, 0.25) is 0 Å². The highest BCUT2D eigenvalue weighted by atomic mass is 16.5. The number of azo groups is 1. The maximum absolute atomic E-state index is 9.37. The summed E-state index contributed by atoms with van der Waals surface area (Å²) in [5, 5.41) is 24.5. The van der Waals surface area contributed by atoms with Crippen LogP contribution in [0.3, 0.4) is 0 Å². The Bertz CT molecular complexity index is 604. The number of hydrogen-bond acceptors (Lipinski definition) is 6. The number of nitrogens with two attached hydrogens (primary N) is 1. The topological polar surface area (TPSA) is 113 Å². The lowest BCUT2D eigenvalue weighted by Crippen LogP contribution is -2.19. The van der Waals surface area contributed by atoms with Gasteiger partial charge in [-0.25, -0.2) is 0 Å². The summed E-state index contributed by atoms with van der Waals surface area (Å²) in [5.74, 6) is -0.0369. The van der Waals surface area contributed by atoms with Crippen molar-refractivity contribution in [3.05, 3.63) is 42.1 Å². The molecular formula is C10H10N6O. The molecule has 86 valence electrons. The van der Waals surface area contributed by atoms with Gasteiger partial charge in [-0.2, -0.15) is 4.73 Å². The number of rotatable bonds is 2. The summed E-state index contributed by atoms with van der Waals surface area (Å²) >= 11 is 0. The highest BCUT2D eigenvalue weighted by molar-refractivity contribution is 5.56. The van der Waals surface area contributed by atoms with Crippen LogP contribution >= 0.6 is 0 Å². The van der Waals surface area contributed by atoms with Crippen LogP contribution in [0, 0.1) is 5.41 Å². The molecule has 0 unspecified atom stereocenters. The van der Waals surface area contributed by atoms with Gasteiger partial charge in [-0.3, -0.25) is 10.4 Å². The molecule has 2 rings (SSSR count). The molecule has 17 heavy (non-hydrogen) atoms. The summed E-state index contributed by atoms with van der Waals surface area (Å²) in [6.07, 6.45) is 3.18. The molecule has 0 radical (unpaired) electrons. The van der Waals surface area contributed by atoms with Crippen LogP contribution in [0.5, 0.6) is 0 Å². The van der Waals surface area contributed by atoms with E-state index in [0.717, 1.165) is 0 Å². The Morgan fingerprint density at radius 3 is 2.82 bits per heavy atom. The first-order valence-corrected chi connectivity index (χ1v) is 4.75. The minimum atomic E-state index is -0.122. The fourth-order valence-corrected chi connectivity index (χ4v) is 1.16. The maximum atomic E-state index is 9.37. The van der Waals surface area contributed by atoms with Crippen LogP contribution in [-0.2, 0) is 0 Å². The molecule has 4 N–H and O–H groups in total. The Morgan fingerprint density at radius 1 is 1.29 bits per heavy atom. The molecule has 0 bridgehead atoms. The Labute approximate surface area is 96.4 Å². The van der Waals surface area contributed by atoms with Crippen LogP contribution in [0.1, 0.15) is 0 Å². The van der Waals surface area contributed by atoms with E-state index in [0.29, 0.717) is 10.4 Å². The smallest absolute Gasteiger partial charge is 0.169 e. The van der Waals surface area contributed by atoms with E-state index < -0.39 is 0 Å². The molecule has 0 aliphatic carbocycles. The van der Waals surface area contributed by atoms with E-state index in [1.807, 2.05) is 0 Å². The number of aromatic nitrogens is 2. The predicted octanol–water partition coefficient (Wildman–Crippen LogP) is 1.60. The lowest BCUT2D eigenvalue weighted by atomic mass is 10.4. The number of nitrogens with one attached hydrogen (secondary N) is 1. The fourth-order valence-electron chi connectivity index (χ4n) is 1.16. The van der Waals surface area contributed by atoms with Crippen molar-refractivity contribution in [3.63, 3.8) is 0 Å². The molecule has 0 saturated heterocycles. The van der Waals surface area contributed by atoms with E-state index >= 15 is 0 Å². The van der Waals surface area contributed by atoms with E-state index in [2.05, 4.69) is 15.2 Å². The molecule has 7 nitrogen and oxygen atoms in total. The number of nitrogen functional groups attached to an aromatic ring is 1. The first kappa shape index (κ1) is 10.8. The SMILES string of the molecule is N=c1ccc(N=Nc2cccnc2)c(N)n1O. The Kier molecular flexibility index (Phi) is 2.82. The van der Waals surface area contributed by atoms with E-state index in [1.165, 1.54) is 12.1 Å². The van der Waals surface area contributed by atoms with Gasteiger partial charge in [-0.15, -0.1) is 10.2 Å². The van der Waals surface area contributed by atoms with E-state index in [1.54, 1.807) is 24.5 Å². The second kappa shape index (κ2) is 4.44.